The molecule has 1 aliphatic rings. The summed E-state index contributed by atoms with van der Waals surface area (Å²) < 4.78 is 0. The van der Waals surface area contributed by atoms with E-state index in [1.165, 1.54) is 0 Å². The van der Waals surface area contributed by atoms with Gasteiger partial charge in [0.05, 0.1) is 0 Å². The van der Waals surface area contributed by atoms with Gasteiger partial charge < -0.3 is 15.7 Å². The smallest absolute Gasteiger partial charge is 0.320 e. The summed E-state index contributed by atoms with van der Waals surface area (Å²) in [7, 11) is 0. The lowest BCUT2D eigenvalue weighted by molar-refractivity contribution is -0.144. The molecule has 0 saturated carbocycles. The number of hydrogen-bond donors (Lipinski definition) is 2. The summed E-state index contributed by atoms with van der Waals surface area (Å²) >= 11 is 0. The number of carboxylic acids is 1. The molecule has 3 N–H and O–H groups in total. The minimum atomic E-state index is -0.818. The van der Waals surface area contributed by atoms with Crippen molar-refractivity contribution in [2.24, 2.45) is 11.7 Å². The highest BCUT2D eigenvalue weighted by Crippen LogP contribution is 2.10. The van der Waals surface area contributed by atoms with Crippen LogP contribution >= 0.6 is 0 Å². The average Bonchev–Trinajstić information content (AvgIpc) is 2.37. The standard InChI is InChI=1S/C13H25N3O3/c1-9(2)11(14)8-12(17)16-6-4-15(5-7-16)10(3)13(18)19/h9-11H,4-8,14H2,1-3H3,(H,18,19). The van der Waals surface area contributed by atoms with Crippen LogP contribution in [-0.4, -0.2) is 65.0 Å². The second kappa shape index (κ2) is 6.86. The van der Waals surface area contributed by atoms with Crippen LogP contribution in [0.2, 0.25) is 0 Å². The second-order valence-corrected chi connectivity index (χ2v) is 5.54. The first-order valence-corrected chi connectivity index (χ1v) is 6.83. The van der Waals surface area contributed by atoms with Gasteiger partial charge in [0.25, 0.3) is 0 Å². The van der Waals surface area contributed by atoms with Crippen LogP contribution in [-0.2, 0) is 9.59 Å². The van der Waals surface area contributed by atoms with Gasteiger partial charge in [-0.05, 0) is 12.8 Å². The third-order valence-corrected chi connectivity index (χ3v) is 3.84. The van der Waals surface area contributed by atoms with Crippen molar-refractivity contribution >= 4 is 11.9 Å². The Morgan fingerprint density at radius 2 is 1.68 bits per heavy atom. The molecule has 0 bridgehead atoms. The van der Waals surface area contributed by atoms with E-state index < -0.39 is 12.0 Å². The minimum Gasteiger partial charge on any atom is -0.480 e. The zero-order chi connectivity index (χ0) is 14.6. The van der Waals surface area contributed by atoms with Gasteiger partial charge in [0.1, 0.15) is 6.04 Å². The Hall–Kier alpha value is -1.14. The summed E-state index contributed by atoms with van der Waals surface area (Å²) in [6.45, 7) is 8.07. The second-order valence-electron chi connectivity index (χ2n) is 5.54. The Bertz CT molecular complexity index is 325. The van der Waals surface area contributed by atoms with Crippen molar-refractivity contribution < 1.29 is 14.7 Å². The van der Waals surface area contributed by atoms with E-state index in [9.17, 15) is 9.59 Å². The topological polar surface area (TPSA) is 86.9 Å². The maximum atomic E-state index is 12.0. The molecule has 0 aromatic heterocycles. The molecule has 19 heavy (non-hydrogen) atoms. The van der Waals surface area contributed by atoms with Crippen molar-refractivity contribution in [2.45, 2.75) is 39.3 Å². The number of nitrogens with zero attached hydrogens (tertiary/aromatic N) is 2. The van der Waals surface area contributed by atoms with Crippen molar-refractivity contribution in [3.63, 3.8) is 0 Å². The van der Waals surface area contributed by atoms with Crippen LogP contribution < -0.4 is 5.73 Å². The molecule has 0 aromatic carbocycles. The molecule has 2 unspecified atom stereocenters. The molecule has 1 fully saturated rings. The molecule has 0 aliphatic carbocycles. The molecular weight excluding hydrogens is 246 g/mol. The largest absolute Gasteiger partial charge is 0.480 e. The van der Waals surface area contributed by atoms with E-state index in [0.717, 1.165) is 0 Å². The van der Waals surface area contributed by atoms with Crippen molar-refractivity contribution in [3.05, 3.63) is 0 Å². The van der Waals surface area contributed by atoms with E-state index in [0.29, 0.717) is 32.6 Å². The summed E-state index contributed by atoms with van der Waals surface area (Å²) in [6, 6.07) is -0.598. The van der Waals surface area contributed by atoms with Crippen molar-refractivity contribution in [2.75, 3.05) is 26.2 Å². The number of nitrogens with two attached hydrogens (primary N) is 1. The van der Waals surface area contributed by atoms with Crippen LogP contribution in [0.1, 0.15) is 27.2 Å². The lowest BCUT2D eigenvalue weighted by Crippen LogP contribution is -2.53. The zero-order valence-electron chi connectivity index (χ0n) is 12.0. The predicted octanol–water partition coefficient (Wildman–Crippen LogP) is -0.0229. The fourth-order valence-corrected chi connectivity index (χ4v) is 2.08. The molecule has 1 amide bonds. The number of piperazine rings is 1. The monoisotopic (exact) mass is 271 g/mol. The first kappa shape index (κ1) is 15.9. The van der Waals surface area contributed by atoms with Gasteiger partial charge in [-0.2, -0.15) is 0 Å². The Balaban J connectivity index is 2.41. The van der Waals surface area contributed by atoms with Gasteiger partial charge in [0.2, 0.25) is 5.91 Å². The normalized spacial score (nSPS) is 20.4. The van der Waals surface area contributed by atoms with E-state index in [-0.39, 0.29) is 17.9 Å². The number of aliphatic carboxylic acids is 1. The van der Waals surface area contributed by atoms with E-state index in [1.807, 2.05) is 18.7 Å². The molecule has 6 nitrogen and oxygen atoms in total. The highest BCUT2D eigenvalue weighted by Gasteiger charge is 2.27. The number of hydrogen-bond acceptors (Lipinski definition) is 4. The minimum absolute atomic E-state index is 0.0730. The molecular formula is C13H25N3O3. The number of rotatable bonds is 5. The van der Waals surface area contributed by atoms with E-state index in [1.54, 1.807) is 11.8 Å². The van der Waals surface area contributed by atoms with Crippen molar-refractivity contribution in [3.8, 4) is 0 Å². The van der Waals surface area contributed by atoms with Gasteiger partial charge >= 0.3 is 5.97 Å². The molecule has 1 aliphatic heterocycles. The maximum Gasteiger partial charge on any atom is 0.320 e. The van der Waals surface area contributed by atoms with Crippen LogP contribution in [0.15, 0.2) is 0 Å². The third-order valence-electron chi connectivity index (χ3n) is 3.84. The van der Waals surface area contributed by atoms with Crippen LogP contribution in [0.25, 0.3) is 0 Å². The lowest BCUT2D eigenvalue weighted by atomic mass is 10.0. The number of carbonyl (C=O) groups excluding carboxylic acids is 1. The molecule has 0 radical (unpaired) electrons. The molecule has 0 spiro atoms. The summed E-state index contributed by atoms with van der Waals surface area (Å²) in [4.78, 5) is 26.6. The fourth-order valence-electron chi connectivity index (χ4n) is 2.08. The number of carboxylic acid groups (broad SMARTS) is 1. The highest BCUT2D eigenvalue weighted by molar-refractivity contribution is 5.77. The molecule has 1 heterocycles. The first-order chi connectivity index (χ1) is 8.82. The van der Waals surface area contributed by atoms with E-state index in [4.69, 9.17) is 10.8 Å². The third kappa shape index (κ3) is 4.47. The predicted molar refractivity (Wildman–Crippen MR) is 72.7 cm³/mol. The highest BCUT2D eigenvalue weighted by atomic mass is 16.4. The molecule has 1 rings (SSSR count). The average molecular weight is 271 g/mol. The first-order valence-electron chi connectivity index (χ1n) is 6.83. The zero-order valence-corrected chi connectivity index (χ0v) is 12.0. The Morgan fingerprint density at radius 3 is 2.11 bits per heavy atom. The van der Waals surface area contributed by atoms with Gasteiger partial charge in [0.15, 0.2) is 0 Å². The SMILES string of the molecule is CC(C)C(N)CC(=O)N1CCN(C(C)C(=O)O)CC1. The molecule has 2 atom stereocenters. The lowest BCUT2D eigenvalue weighted by Gasteiger charge is -2.37. The summed E-state index contributed by atoms with van der Waals surface area (Å²) in [5.41, 5.74) is 5.90. The molecule has 110 valence electrons. The van der Waals surface area contributed by atoms with Gasteiger partial charge in [-0.25, -0.2) is 0 Å². The van der Waals surface area contributed by atoms with Crippen LogP contribution in [0.3, 0.4) is 0 Å². The van der Waals surface area contributed by atoms with Gasteiger partial charge in [-0.3, -0.25) is 14.5 Å². The maximum absolute atomic E-state index is 12.0. The van der Waals surface area contributed by atoms with Crippen LogP contribution in [0.4, 0.5) is 0 Å². The van der Waals surface area contributed by atoms with Crippen molar-refractivity contribution in [1.82, 2.24) is 9.80 Å². The Morgan fingerprint density at radius 1 is 1.16 bits per heavy atom. The van der Waals surface area contributed by atoms with E-state index in [2.05, 4.69) is 0 Å². The van der Waals surface area contributed by atoms with Gasteiger partial charge in [-0.1, -0.05) is 13.8 Å². The summed E-state index contributed by atoms with van der Waals surface area (Å²) in [6.07, 6.45) is 0.367. The molecule has 0 aromatic rings. The van der Waals surface area contributed by atoms with E-state index >= 15 is 0 Å². The summed E-state index contributed by atoms with van der Waals surface area (Å²) in [5.74, 6) is -0.456. The van der Waals surface area contributed by atoms with Crippen LogP contribution in [0.5, 0.6) is 0 Å². The van der Waals surface area contributed by atoms with Crippen LogP contribution in [0, 0.1) is 5.92 Å². The van der Waals surface area contributed by atoms with Gasteiger partial charge in [0, 0.05) is 38.6 Å². The number of amides is 1. The Kier molecular flexibility index (Phi) is 5.75. The number of carbonyl (C=O) groups is 2. The molecule has 1 saturated heterocycles. The van der Waals surface area contributed by atoms with Crippen molar-refractivity contribution in [1.29, 1.82) is 0 Å². The molecule has 6 heteroatoms. The summed E-state index contributed by atoms with van der Waals surface area (Å²) in [5, 5.41) is 8.95. The van der Waals surface area contributed by atoms with Gasteiger partial charge in [-0.15, -0.1) is 0 Å². The quantitative estimate of drug-likeness (QED) is 0.733. The fraction of sp³-hybridized carbons (Fsp3) is 0.846. The Labute approximate surface area is 114 Å².